The van der Waals surface area contributed by atoms with Gasteiger partial charge in [0.1, 0.15) is 11.8 Å². The number of nitriles is 1. The van der Waals surface area contributed by atoms with Gasteiger partial charge in [-0.05, 0) is 18.2 Å². The summed E-state index contributed by atoms with van der Waals surface area (Å²) in [5.74, 6) is 4.82. The first-order valence-electron chi connectivity index (χ1n) is 4.98. The van der Waals surface area contributed by atoms with Crippen LogP contribution in [0.25, 0.3) is 0 Å². The zero-order valence-electron chi connectivity index (χ0n) is 9.64. The van der Waals surface area contributed by atoms with Crippen LogP contribution in [0.3, 0.4) is 0 Å². The number of hydrazine groups is 1. The molecule has 1 aromatic carbocycles. The predicted octanol–water partition coefficient (Wildman–Crippen LogP) is 0.704. The number of halogens is 1. The fraction of sp³-hybridized carbons (Fsp3) is 0.273. The summed E-state index contributed by atoms with van der Waals surface area (Å²) in [6.07, 6.45) is -0.909. The fourth-order valence-electron chi connectivity index (χ4n) is 1.25. The number of rotatable bonds is 5. The van der Waals surface area contributed by atoms with Crippen molar-refractivity contribution >= 4 is 21.8 Å². The minimum atomic E-state index is -0.909. The van der Waals surface area contributed by atoms with Gasteiger partial charge in [0.25, 0.3) is 5.91 Å². The summed E-state index contributed by atoms with van der Waals surface area (Å²) in [6.45, 7) is 0.0317. The molecule has 0 fully saturated rings. The summed E-state index contributed by atoms with van der Waals surface area (Å²) < 4.78 is 11.0. The summed E-state index contributed by atoms with van der Waals surface area (Å²) in [7, 11) is 1.44. The second-order valence-electron chi connectivity index (χ2n) is 3.32. The van der Waals surface area contributed by atoms with Crippen LogP contribution in [0.2, 0.25) is 0 Å². The third-order valence-electron chi connectivity index (χ3n) is 2.08. The normalized spacial score (nSPS) is 11.4. The molecule has 0 aliphatic heterocycles. The van der Waals surface area contributed by atoms with E-state index in [2.05, 4.69) is 15.9 Å². The number of methoxy groups -OCH3 is 1. The Hall–Kier alpha value is -1.62. The number of amides is 1. The van der Waals surface area contributed by atoms with Gasteiger partial charge < -0.3 is 9.47 Å². The standard InChI is InChI=1S/C11H12BrN3O3/c1-17-6-10(11(16)15-14)18-9-3-2-8(12)4-7(9)5-13/h2-4,10H,6,14H2,1H3,(H,15,16). The van der Waals surface area contributed by atoms with Crippen molar-refractivity contribution in [3.63, 3.8) is 0 Å². The van der Waals surface area contributed by atoms with Crippen LogP contribution >= 0.6 is 15.9 Å². The average Bonchev–Trinajstić information content (AvgIpc) is 2.39. The first-order valence-corrected chi connectivity index (χ1v) is 5.77. The second kappa shape index (κ2) is 6.96. The Bertz CT molecular complexity index is 473. The van der Waals surface area contributed by atoms with E-state index < -0.39 is 12.0 Å². The lowest BCUT2D eigenvalue weighted by Crippen LogP contribution is -2.44. The maximum absolute atomic E-state index is 11.4. The van der Waals surface area contributed by atoms with Gasteiger partial charge in [-0.25, -0.2) is 5.84 Å². The van der Waals surface area contributed by atoms with Crippen molar-refractivity contribution in [3.8, 4) is 11.8 Å². The van der Waals surface area contributed by atoms with Crippen LogP contribution in [-0.2, 0) is 9.53 Å². The molecule has 0 radical (unpaired) electrons. The lowest BCUT2D eigenvalue weighted by molar-refractivity contribution is -0.130. The number of nitrogens with one attached hydrogen (secondary N) is 1. The van der Waals surface area contributed by atoms with Crippen molar-refractivity contribution < 1.29 is 14.3 Å². The first-order chi connectivity index (χ1) is 8.62. The molecule has 0 saturated carbocycles. The van der Waals surface area contributed by atoms with Gasteiger partial charge in [0, 0.05) is 11.6 Å². The summed E-state index contributed by atoms with van der Waals surface area (Å²) in [5.41, 5.74) is 2.30. The minimum absolute atomic E-state index is 0.0317. The van der Waals surface area contributed by atoms with Crippen LogP contribution in [0.4, 0.5) is 0 Å². The minimum Gasteiger partial charge on any atom is -0.477 e. The summed E-state index contributed by atoms with van der Waals surface area (Å²) >= 11 is 3.25. The Morgan fingerprint density at radius 3 is 2.94 bits per heavy atom. The monoisotopic (exact) mass is 313 g/mol. The number of hydrogen-bond acceptors (Lipinski definition) is 5. The number of nitrogens with zero attached hydrogens (tertiary/aromatic N) is 1. The van der Waals surface area contributed by atoms with Crippen LogP contribution in [0.15, 0.2) is 22.7 Å². The van der Waals surface area contributed by atoms with E-state index in [1.54, 1.807) is 18.2 Å². The fourth-order valence-corrected chi connectivity index (χ4v) is 1.61. The molecule has 1 unspecified atom stereocenters. The van der Waals surface area contributed by atoms with Crippen molar-refractivity contribution in [1.82, 2.24) is 5.43 Å². The zero-order chi connectivity index (χ0) is 13.5. The van der Waals surface area contributed by atoms with Crippen LogP contribution in [0.5, 0.6) is 5.75 Å². The van der Waals surface area contributed by atoms with Gasteiger partial charge in [-0.2, -0.15) is 5.26 Å². The van der Waals surface area contributed by atoms with Gasteiger partial charge in [-0.1, -0.05) is 15.9 Å². The first kappa shape index (κ1) is 14.4. The van der Waals surface area contributed by atoms with Crippen LogP contribution in [0.1, 0.15) is 5.56 Å². The highest BCUT2D eigenvalue weighted by Crippen LogP contribution is 2.23. The SMILES string of the molecule is COCC(Oc1ccc(Br)cc1C#N)C(=O)NN. The number of benzene rings is 1. The molecule has 0 aliphatic rings. The third-order valence-corrected chi connectivity index (χ3v) is 2.58. The maximum atomic E-state index is 11.4. The van der Waals surface area contributed by atoms with Crippen LogP contribution in [-0.4, -0.2) is 25.7 Å². The van der Waals surface area contributed by atoms with Gasteiger partial charge >= 0.3 is 0 Å². The van der Waals surface area contributed by atoms with Gasteiger partial charge in [0.2, 0.25) is 6.10 Å². The number of hydrogen-bond donors (Lipinski definition) is 2. The van der Waals surface area contributed by atoms with E-state index in [4.69, 9.17) is 20.6 Å². The summed E-state index contributed by atoms with van der Waals surface area (Å²) in [4.78, 5) is 11.4. The van der Waals surface area contributed by atoms with Gasteiger partial charge in [0.05, 0.1) is 12.2 Å². The molecule has 6 nitrogen and oxygen atoms in total. The molecule has 0 aromatic heterocycles. The van der Waals surface area contributed by atoms with Crippen molar-refractivity contribution in [2.24, 2.45) is 5.84 Å². The molecule has 18 heavy (non-hydrogen) atoms. The number of nitrogens with two attached hydrogens (primary N) is 1. The molecule has 1 rings (SSSR count). The van der Waals surface area contributed by atoms with Gasteiger partial charge in [-0.3, -0.25) is 10.2 Å². The number of ether oxygens (including phenoxy) is 2. The van der Waals surface area contributed by atoms with E-state index in [1.165, 1.54) is 7.11 Å². The maximum Gasteiger partial charge on any atom is 0.277 e. The van der Waals surface area contributed by atoms with Crippen molar-refractivity contribution in [2.75, 3.05) is 13.7 Å². The largest absolute Gasteiger partial charge is 0.477 e. The molecule has 3 N–H and O–H groups in total. The molecule has 0 bridgehead atoms. The molecule has 7 heteroatoms. The van der Waals surface area contributed by atoms with Crippen molar-refractivity contribution in [3.05, 3.63) is 28.2 Å². The van der Waals surface area contributed by atoms with E-state index in [1.807, 2.05) is 11.5 Å². The molecular weight excluding hydrogens is 302 g/mol. The lowest BCUT2D eigenvalue weighted by atomic mass is 10.2. The highest BCUT2D eigenvalue weighted by Gasteiger charge is 2.20. The third kappa shape index (κ3) is 3.70. The van der Waals surface area contributed by atoms with Gasteiger partial charge in [-0.15, -0.1) is 0 Å². The van der Waals surface area contributed by atoms with Crippen molar-refractivity contribution in [2.45, 2.75) is 6.10 Å². The highest BCUT2D eigenvalue weighted by molar-refractivity contribution is 9.10. The summed E-state index contributed by atoms with van der Waals surface area (Å²) in [5, 5.41) is 8.97. The quantitative estimate of drug-likeness (QED) is 0.474. The Morgan fingerprint density at radius 1 is 1.67 bits per heavy atom. The predicted molar refractivity (Wildman–Crippen MR) is 67.5 cm³/mol. The number of carbonyl (C=O) groups is 1. The Balaban J connectivity index is 2.93. The van der Waals surface area contributed by atoms with E-state index in [0.717, 1.165) is 4.47 Å². The topological polar surface area (TPSA) is 97.4 Å². The lowest BCUT2D eigenvalue weighted by Gasteiger charge is -2.17. The molecule has 0 spiro atoms. The Morgan fingerprint density at radius 2 is 2.39 bits per heavy atom. The second-order valence-corrected chi connectivity index (χ2v) is 4.24. The van der Waals surface area contributed by atoms with Crippen LogP contribution < -0.4 is 16.0 Å². The molecule has 96 valence electrons. The Kier molecular flexibility index (Phi) is 5.58. The molecule has 0 heterocycles. The molecule has 0 aliphatic carbocycles. The van der Waals surface area contributed by atoms with E-state index in [0.29, 0.717) is 11.3 Å². The van der Waals surface area contributed by atoms with Crippen molar-refractivity contribution in [1.29, 1.82) is 5.26 Å². The van der Waals surface area contributed by atoms with Crippen LogP contribution in [0, 0.1) is 11.3 Å². The molecule has 1 atom stereocenters. The molecule has 0 saturated heterocycles. The molecule has 1 amide bonds. The van der Waals surface area contributed by atoms with Gasteiger partial charge in [0.15, 0.2) is 0 Å². The highest BCUT2D eigenvalue weighted by atomic mass is 79.9. The smallest absolute Gasteiger partial charge is 0.277 e. The number of carbonyl (C=O) groups excluding carboxylic acids is 1. The Labute approximate surface area is 113 Å². The zero-order valence-corrected chi connectivity index (χ0v) is 11.2. The average molecular weight is 314 g/mol. The summed E-state index contributed by atoms with van der Waals surface area (Å²) in [6, 6.07) is 6.88. The molecular formula is C11H12BrN3O3. The van der Waals surface area contributed by atoms with E-state index in [9.17, 15) is 4.79 Å². The van der Waals surface area contributed by atoms with E-state index in [-0.39, 0.29) is 6.61 Å². The van der Waals surface area contributed by atoms with E-state index >= 15 is 0 Å². The molecule has 1 aromatic rings.